The molecule has 2 heterocycles. The van der Waals surface area contributed by atoms with Gasteiger partial charge in [0.2, 0.25) is 5.82 Å². The van der Waals surface area contributed by atoms with Crippen molar-refractivity contribution in [3.63, 3.8) is 0 Å². The van der Waals surface area contributed by atoms with Gasteiger partial charge in [0.25, 0.3) is 0 Å². The predicted octanol–water partition coefficient (Wildman–Crippen LogP) is 3.45. The van der Waals surface area contributed by atoms with E-state index < -0.39 is 16.7 Å². The van der Waals surface area contributed by atoms with Crippen molar-refractivity contribution in [2.45, 2.75) is 6.18 Å². The van der Waals surface area contributed by atoms with Gasteiger partial charge in [0, 0.05) is 12.7 Å². The van der Waals surface area contributed by atoms with Crippen molar-refractivity contribution in [1.29, 1.82) is 0 Å². The molecule has 0 bridgehead atoms. The summed E-state index contributed by atoms with van der Waals surface area (Å²) in [6, 6.07) is 0.675. The van der Waals surface area contributed by atoms with Crippen LogP contribution < -0.4 is 5.32 Å². The highest BCUT2D eigenvalue weighted by atomic mass is 35.5. The van der Waals surface area contributed by atoms with Crippen LogP contribution in [0.4, 0.5) is 24.7 Å². The first kappa shape index (κ1) is 16.7. The lowest BCUT2D eigenvalue weighted by Gasteiger charge is -2.11. The summed E-state index contributed by atoms with van der Waals surface area (Å²) < 4.78 is 38.8. The summed E-state index contributed by atoms with van der Waals surface area (Å²) in [6.45, 7) is 3.64. The first-order valence-electron chi connectivity index (χ1n) is 6.06. The van der Waals surface area contributed by atoms with Crippen molar-refractivity contribution in [2.75, 3.05) is 11.9 Å². The van der Waals surface area contributed by atoms with Crippen molar-refractivity contribution in [2.24, 2.45) is 0 Å². The lowest BCUT2D eigenvalue weighted by Crippen LogP contribution is -2.11. The molecule has 1 N–H and O–H groups in total. The van der Waals surface area contributed by atoms with E-state index in [0.29, 0.717) is 12.3 Å². The smallest absolute Gasteiger partial charge is 0.361 e. The second-order valence-electron chi connectivity index (χ2n) is 4.24. The Hall–Kier alpha value is -2.62. The van der Waals surface area contributed by atoms with Crippen molar-refractivity contribution in [1.82, 2.24) is 14.8 Å². The summed E-state index contributed by atoms with van der Waals surface area (Å²) in [4.78, 5) is 13.9. The van der Waals surface area contributed by atoms with E-state index in [2.05, 4.69) is 22.0 Å². The maximum absolute atomic E-state index is 12.6. The molecule has 11 heteroatoms. The third-order valence-electron chi connectivity index (χ3n) is 2.71. The quantitative estimate of drug-likeness (QED) is 0.508. The van der Waals surface area contributed by atoms with Gasteiger partial charge in [-0.3, -0.25) is 10.1 Å². The summed E-state index contributed by atoms with van der Waals surface area (Å²) in [7, 11) is 0. The summed E-state index contributed by atoms with van der Waals surface area (Å²) >= 11 is 5.82. The normalized spacial score (nSPS) is 11.3. The van der Waals surface area contributed by atoms with Crippen LogP contribution in [0.2, 0.25) is 5.02 Å². The zero-order valence-electron chi connectivity index (χ0n) is 11.3. The number of nitrogens with zero attached hydrogens (tertiary/aromatic N) is 4. The average Bonchev–Trinajstić information content (AvgIpc) is 2.87. The zero-order chi connectivity index (χ0) is 17.2. The monoisotopic (exact) mass is 347 g/mol. The van der Waals surface area contributed by atoms with Gasteiger partial charge in [0.05, 0.1) is 15.5 Å². The molecule has 0 amide bonds. The van der Waals surface area contributed by atoms with Crippen molar-refractivity contribution >= 4 is 23.1 Å². The van der Waals surface area contributed by atoms with Gasteiger partial charge < -0.3 is 5.32 Å². The van der Waals surface area contributed by atoms with Gasteiger partial charge in [-0.25, -0.2) is 4.98 Å². The van der Waals surface area contributed by atoms with Crippen LogP contribution in [0.25, 0.3) is 5.82 Å². The molecule has 0 aliphatic rings. The van der Waals surface area contributed by atoms with E-state index in [-0.39, 0.29) is 28.9 Å². The first-order chi connectivity index (χ1) is 10.8. The third-order valence-corrected chi connectivity index (χ3v) is 2.99. The van der Waals surface area contributed by atoms with E-state index in [0.717, 1.165) is 10.9 Å². The van der Waals surface area contributed by atoms with Gasteiger partial charge in [0.1, 0.15) is 6.20 Å². The lowest BCUT2D eigenvalue weighted by atomic mass is 10.3. The molecular weight excluding hydrogens is 339 g/mol. The number of aromatic nitrogens is 3. The van der Waals surface area contributed by atoms with E-state index in [1.54, 1.807) is 0 Å². The van der Waals surface area contributed by atoms with E-state index in [9.17, 15) is 23.3 Å². The largest absolute Gasteiger partial charge is 0.417 e. The number of halogens is 4. The molecule has 0 aliphatic heterocycles. The fourth-order valence-electron chi connectivity index (χ4n) is 1.71. The fourth-order valence-corrected chi connectivity index (χ4v) is 1.96. The molecule has 0 radical (unpaired) electrons. The molecule has 0 atom stereocenters. The predicted molar refractivity (Wildman–Crippen MR) is 76.7 cm³/mol. The Labute approximate surface area is 132 Å². The molecule has 23 heavy (non-hydrogen) atoms. The third kappa shape index (κ3) is 3.42. The number of nitrogens with one attached hydrogen (secondary N) is 1. The fraction of sp³-hybridized carbons (Fsp3) is 0.167. The Kier molecular flexibility index (Phi) is 4.55. The Balaban J connectivity index is 2.54. The van der Waals surface area contributed by atoms with Crippen molar-refractivity contribution in [3.05, 3.63) is 51.8 Å². The molecule has 2 aromatic heterocycles. The van der Waals surface area contributed by atoms with Crippen LogP contribution in [0.5, 0.6) is 0 Å². The Morgan fingerprint density at radius 1 is 1.48 bits per heavy atom. The molecule has 122 valence electrons. The number of hydrogen-bond donors (Lipinski definition) is 1. The van der Waals surface area contributed by atoms with E-state index in [4.69, 9.17) is 11.6 Å². The average molecular weight is 348 g/mol. The van der Waals surface area contributed by atoms with E-state index in [1.807, 2.05) is 0 Å². The number of alkyl halides is 3. The number of anilines is 1. The van der Waals surface area contributed by atoms with Crippen LogP contribution in [0.15, 0.2) is 31.1 Å². The summed E-state index contributed by atoms with van der Waals surface area (Å²) in [5.41, 5.74) is -1.40. The highest BCUT2D eigenvalue weighted by Crippen LogP contribution is 2.34. The molecular formula is C12H9ClF3N5O2. The maximum atomic E-state index is 12.6. The molecule has 0 aromatic carbocycles. The summed E-state index contributed by atoms with van der Waals surface area (Å²) in [5, 5.41) is 17.1. The highest BCUT2D eigenvalue weighted by molar-refractivity contribution is 6.32. The molecule has 0 unspecified atom stereocenters. The molecule has 0 saturated heterocycles. The van der Waals surface area contributed by atoms with E-state index in [1.165, 1.54) is 6.08 Å². The topological polar surface area (TPSA) is 85.9 Å². The SMILES string of the molecule is C=CCNc1c([N+](=O)[O-])cnn1-c1ncc(C(F)(F)F)cc1Cl. The van der Waals surface area contributed by atoms with Gasteiger partial charge >= 0.3 is 11.9 Å². The van der Waals surface area contributed by atoms with Crippen molar-refractivity contribution < 1.29 is 18.1 Å². The van der Waals surface area contributed by atoms with Gasteiger partial charge in [-0.1, -0.05) is 17.7 Å². The first-order valence-corrected chi connectivity index (χ1v) is 6.43. The van der Waals surface area contributed by atoms with Gasteiger partial charge in [0.15, 0.2) is 5.82 Å². The van der Waals surface area contributed by atoms with Crippen LogP contribution in [-0.2, 0) is 6.18 Å². The van der Waals surface area contributed by atoms with Gasteiger partial charge in [-0.05, 0) is 6.07 Å². The number of hydrogen-bond acceptors (Lipinski definition) is 5. The summed E-state index contributed by atoms with van der Waals surface area (Å²) in [5.74, 6) is -0.233. The zero-order valence-corrected chi connectivity index (χ0v) is 12.1. The Bertz CT molecular complexity index is 760. The highest BCUT2D eigenvalue weighted by Gasteiger charge is 2.32. The molecule has 0 fully saturated rings. The van der Waals surface area contributed by atoms with Crippen molar-refractivity contribution in [3.8, 4) is 5.82 Å². The molecule has 0 saturated carbocycles. The van der Waals surface area contributed by atoms with E-state index >= 15 is 0 Å². The van der Waals surface area contributed by atoms with Gasteiger partial charge in [-0.2, -0.15) is 23.0 Å². The lowest BCUT2D eigenvalue weighted by molar-refractivity contribution is -0.384. The Morgan fingerprint density at radius 2 is 2.17 bits per heavy atom. The minimum atomic E-state index is -4.60. The second kappa shape index (κ2) is 6.24. The summed E-state index contributed by atoms with van der Waals surface area (Å²) in [6.07, 6.45) is -1.63. The van der Waals surface area contributed by atoms with Crippen LogP contribution in [0, 0.1) is 10.1 Å². The van der Waals surface area contributed by atoms with Gasteiger partial charge in [-0.15, -0.1) is 6.58 Å². The standard InChI is InChI=1S/C12H9ClF3N5O2/c1-2-3-17-11-9(21(22)23)6-19-20(11)10-8(13)4-7(5-18-10)12(14,15)16/h2,4-6,17H,1,3H2. The minimum absolute atomic E-state index is 0.0657. The molecule has 0 aliphatic carbocycles. The van der Waals surface area contributed by atoms with Crippen LogP contribution in [-0.4, -0.2) is 26.2 Å². The number of pyridine rings is 1. The molecule has 0 spiro atoms. The second-order valence-corrected chi connectivity index (χ2v) is 4.65. The Morgan fingerprint density at radius 3 is 2.70 bits per heavy atom. The van der Waals surface area contributed by atoms with Crippen LogP contribution in [0.1, 0.15) is 5.56 Å². The molecule has 7 nitrogen and oxygen atoms in total. The number of rotatable bonds is 5. The molecule has 2 rings (SSSR count). The van der Waals surface area contributed by atoms with Crippen LogP contribution in [0.3, 0.4) is 0 Å². The maximum Gasteiger partial charge on any atom is 0.417 e. The van der Waals surface area contributed by atoms with Crippen LogP contribution >= 0.6 is 11.6 Å². The minimum Gasteiger partial charge on any atom is -0.361 e. The molecule has 2 aromatic rings. The number of nitro groups is 1.